The highest BCUT2D eigenvalue weighted by Crippen LogP contribution is 2.52. The minimum absolute atomic E-state index is 0.369. The van der Waals surface area contributed by atoms with E-state index in [1.807, 2.05) is 12.1 Å². The monoisotopic (exact) mass is 279 g/mol. The Bertz CT molecular complexity index is 392. The molecule has 1 aliphatic carbocycles. The van der Waals surface area contributed by atoms with Gasteiger partial charge in [0.05, 0.1) is 0 Å². The summed E-state index contributed by atoms with van der Waals surface area (Å²) >= 11 is 6.03. The zero-order valence-corrected chi connectivity index (χ0v) is 12.9. The van der Waals surface area contributed by atoms with Crippen LogP contribution in [-0.4, -0.2) is 6.54 Å². The zero-order valence-electron chi connectivity index (χ0n) is 12.2. The van der Waals surface area contributed by atoms with Crippen molar-refractivity contribution in [3.63, 3.8) is 0 Å². The number of halogens is 1. The first kappa shape index (κ1) is 14.9. The van der Waals surface area contributed by atoms with Crippen LogP contribution in [0.15, 0.2) is 24.3 Å². The molecule has 1 aromatic rings. The van der Waals surface area contributed by atoms with Gasteiger partial charge in [-0.05, 0) is 67.2 Å². The molecule has 1 unspecified atom stereocenters. The van der Waals surface area contributed by atoms with E-state index >= 15 is 0 Å². The summed E-state index contributed by atoms with van der Waals surface area (Å²) in [4.78, 5) is 0. The molecular weight excluding hydrogens is 254 g/mol. The highest BCUT2D eigenvalue weighted by atomic mass is 35.5. The van der Waals surface area contributed by atoms with Gasteiger partial charge in [0.2, 0.25) is 0 Å². The highest BCUT2D eigenvalue weighted by molar-refractivity contribution is 6.30. The molecule has 1 aliphatic rings. The smallest absolute Gasteiger partial charge is 0.0406 e. The Hall–Kier alpha value is -0.530. The van der Waals surface area contributed by atoms with Crippen LogP contribution in [0.25, 0.3) is 0 Å². The number of hydrogen-bond donors (Lipinski definition) is 1. The molecular formula is C17H26ClN. The summed E-state index contributed by atoms with van der Waals surface area (Å²) in [6.07, 6.45) is 6.39. The number of rotatable bonds is 6. The van der Waals surface area contributed by atoms with Crippen LogP contribution >= 0.6 is 11.6 Å². The van der Waals surface area contributed by atoms with Crippen LogP contribution in [-0.2, 0) is 5.41 Å². The summed E-state index contributed by atoms with van der Waals surface area (Å²) in [6.45, 7) is 5.43. The highest BCUT2D eigenvalue weighted by Gasteiger charge is 2.44. The Morgan fingerprint density at radius 2 is 1.84 bits per heavy atom. The van der Waals surface area contributed by atoms with Crippen molar-refractivity contribution in [1.29, 1.82) is 0 Å². The summed E-state index contributed by atoms with van der Waals surface area (Å²) < 4.78 is 0. The lowest BCUT2D eigenvalue weighted by atomic mass is 9.55. The first-order chi connectivity index (χ1) is 9.08. The quantitative estimate of drug-likeness (QED) is 0.797. The largest absolute Gasteiger partial charge is 0.330 e. The maximum atomic E-state index is 6.03. The molecule has 1 fully saturated rings. The van der Waals surface area contributed by atoms with Crippen molar-refractivity contribution >= 4 is 11.6 Å². The number of nitrogens with two attached hydrogens (primary N) is 1. The normalized spacial score (nSPS) is 19.2. The van der Waals surface area contributed by atoms with Crippen molar-refractivity contribution in [3.8, 4) is 0 Å². The second-order valence-electron chi connectivity index (χ2n) is 6.42. The van der Waals surface area contributed by atoms with Gasteiger partial charge in [-0.3, -0.25) is 0 Å². The van der Waals surface area contributed by atoms with Gasteiger partial charge in [-0.2, -0.15) is 0 Å². The molecule has 2 heteroatoms. The molecule has 1 saturated carbocycles. The van der Waals surface area contributed by atoms with Gasteiger partial charge in [-0.1, -0.05) is 44.0 Å². The molecule has 1 nitrogen and oxygen atoms in total. The fourth-order valence-corrected chi connectivity index (χ4v) is 3.79. The third kappa shape index (κ3) is 3.14. The zero-order chi connectivity index (χ0) is 13.9. The molecule has 1 atom stereocenters. The Morgan fingerprint density at radius 3 is 2.26 bits per heavy atom. The topological polar surface area (TPSA) is 26.0 Å². The molecule has 0 spiro atoms. The van der Waals surface area contributed by atoms with Gasteiger partial charge >= 0.3 is 0 Å². The van der Waals surface area contributed by atoms with E-state index in [1.165, 1.54) is 31.2 Å². The van der Waals surface area contributed by atoms with Crippen LogP contribution in [0.1, 0.15) is 51.5 Å². The molecule has 2 rings (SSSR count). The van der Waals surface area contributed by atoms with E-state index in [9.17, 15) is 0 Å². The van der Waals surface area contributed by atoms with Crippen LogP contribution in [0.2, 0.25) is 5.02 Å². The third-order valence-electron chi connectivity index (χ3n) is 4.72. The first-order valence-corrected chi connectivity index (χ1v) is 7.92. The van der Waals surface area contributed by atoms with E-state index in [1.54, 1.807) is 0 Å². The van der Waals surface area contributed by atoms with E-state index in [-0.39, 0.29) is 0 Å². The Morgan fingerprint density at radius 1 is 1.21 bits per heavy atom. The second-order valence-corrected chi connectivity index (χ2v) is 6.86. The van der Waals surface area contributed by atoms with Crippen LogP contribution in [0.4, 0.5) is 0 Å². The predicted molar refractivity (Wildman–Crippen MR) is 83.6 cm³/mol. The van der Waals surface area contributed by atoms with E-state index in [0.717, 1.165) is 23.9 Å². The SMILES string of the molecule is CC(C)CC(CCN)C1(c2ccc(Cl)cc2)CCC1. The minimum Gasteiger partial charge on any atom is -0.330 e. The lowest BCUT2D eigenvalue weighted by Gasteiger charge is -2.49. The molecule has 0 bridgehead atoms. The summed E-state index contributed by atoms with van der Waals surface area (Å²) in [7, 11) is 0. The Kier molecular flexibility index (Phi) is 4.92. The standard InChI is InChI=1S/C17H26ClN/c1-13(2)12-15(8-11-19)17(9-3-10-17)14-4-6-16(18)7-5-14/h4-7,13,15H,3,8-12,19H2,1-2H3. The molecule has 1 aromatic carbocycles. The van der Waals surface area contributed by atoms with Crippen LogP contribution in [0.3, 0.4) is 0 Å². The van der Waals surface area contributed by atoms with Crippen LogP contribution < -0.4 is 5.73 Å². The van der Waals surface area contributed by atoms with Gasteiger partial charge in [0.15, 0.2) is 0 Å². The molecule has 2 N–H and O–H groups in total. The molecule has 0 heterocycles. The van der Waals surface area contributed by atoms with Gasteiger partial charge < -0.3 is 5.73 Å². The van der Waals surface area contributed by atoms with E-state index in [2.05, 4.69) is 26.0 Å². The number of hydrogen-bond acceptors (Lipinski definition) is 1. The number of benzene rings is 1. The maximum absolute atomic E-state index is 6.03. The van der Waals surface area contributed by atoms with E-state index in [4.69, 9.17) is 17.3 Å². The lowest BCUT2D eigenvalue weighted by molar-refractivity contribution is 0.119. The Labute approximate surface area is 122 Å². The van der Waals surface area contributed by atoms with Crippen LogP contribution in [0.5, 0.6) is 0 Å². The predicted octanol–water partition coefficient (Wildman–Crippen LogP) is 4.77. The molecule has 0 amide bonds. The first-order valence-electron chi connectivity index (χ1n) is 7.54. The molecule has 0 aromatic heterocycles. The van der Waals surface area contributed by atoms with Gasteiger partial charge in [0.1, 0.15) is 0 Å². The van der Waals surface area contributed by atoms with Crippen molar-refractivity contribution in [2.45, 2.75) is 51.4 Å². The van der Waals surface area contributed by atoms with Crippen molar-refractivity contribution in [3.05, 3.63) is 34.9 Å². The van der Waals surface area contributed by atoms with Crippen molar-refractivity contribution in [1.82, 2.24) is 0 Å². The minimum atomic E-state index is 0.369. The fraction of sp³-hybridized carbons (Fsp3) is 0.647. The van der Waals surface area contributed by atoms with E-state index in [0.29, 0.717) is 11.3 Å². The molecule has 106 valence electrons. The summed E-state index contributed by atoms with van der Waals surface area (Å²) in [5.41, 5.74) is 7.71. The van der Waals surface area contributed by atoms with Crippen molar-refractivity contribution < 1.29 is 0 Å². The summed E-state index contributed by atoms with van der Waals surface area (Å²) in [5, 5.41) is 0.831. The second kappa shape index (κ2) is 6.28. The maximum Gasteiger partial charge on any atom is 0.0406 e. The van der Waals surface area contributed by atoms with Gasteiger partial charge in [0.25, 0.3) is 0 Å². The van der Waals surface area contributed by atoms with E-state index < -0.39 is 0 Å². The molecule has 0 saturated heterocycles. The Balaban J connectivity index is 2.26. The van der Waals surface area contributed by atoms with Gasteiger partial charge in [-0.25, -0.2) is 0 Å². The fourth-order valence-electron chi connectivity index (χ4n) is 3.66. The lowest BCUT2D eigenvalue weighted by Crippen LogP contribution is -2.43. The third-order valence-corrected chi connectivity index (χ3v) is 4.97. The van der Waals surface area contributed by atoms with Crippen molar-refractivity contribution in [2.75, 3.05) is 6.54 Å². The van der Waals surface area contributed by atoms with Crippen molar-refractivity contribution in [2.24, 2.45) is 17.6 Å². The summed E-state index contributed by atoms with van der Waals surface area (Å²) in [5.74, 6) is 1.45. The van der Waals surface area contributed by atoms with Gasteiger partial charge in [0, 0.05) is 5.02 Å². The average molecular weight is 280 g/mol. The average Bonchev–Trinajstić information content (AvgIpc) is 2.29. The molecule has 0 radical (unpaired) electrons. The molecule has 0 aliphatic heterocycles. The molecule has 19 heavy (non-hydrogen) atoms. The van der Waals surface area contributed by atoms with Crippen LogP contribution in [0, 0.1) is 11.8 Å². The summed E-state index contributed by atoms with van der Waals surface area (Å²) in [6, 6.07) is 8.52. The van der Waals surface area contributed by atoms with Gasteiger partial charge in [-0.15, -0.1) is 0 Å².